The number of aromatic amines is 1. The van der Waals surface area contributed by atoms with Gasteiger partial charge in [-0.05, 0) is 11.6 Å². The molecule has 0 bridgehead atoms. The van der Waals surface area contributed by atoms with Gasteiger partial charge in [0.1, 0.15) is 11.5 Å². The molecule has 10 heteroatoms. The predicted octanol–water partition coefficient (Wildman–Crippen LogP) is 3.26. The van der Waals surface area contributed by atoms with E-state index in [4.69, 9.17) is 5.48 Å². The number of H-pyrrole nitrogens is 1. The van der Waals surface area contributed by atoms with E-state index in [1.54, 1.807) is 5.10 Å². The van der Waals surface area contributed by atoms with Crippen molar-refractivity contribution < 1.29 is 23.0 Å². The maximum absolute atomic E-state index is 14.6. The molecule has 0 aliphatic rings. The third-order valence-electron chi connectivity index (χ3n) is 3.48. The lowest BCUT2D eigenvalue weighted by Crippen LogP contribution is -2.07. The Morgan fingerprint density at radius 2 is 2.00 bits per heavy atom. The maximum atomic E-state index is 14.6. The zero-order valence-corrected chi connectivity index (χ0v) is 12.7. The van der Waals surface area contributed by atoms with Crippen LogP contribution < -0.4 is 0 Å². The van der Waals surface area contributed by atoms with E-state index >= 15 is 0 Å². The molecule has 4 aromatic rings. The van der Waals surface area contributed by atoms with E-state index in [9.17, 15) is 17.6 Å². The fraction of sp³-hybridized carbons (Fsp3) is 0.125. The predicted molar refractivity (Wildman–Crippen MR) is 82.6 cm³/mol. The zero-order valence-electron chi connectivity index (χ0n) is 16.7. The average molecular weight is 366 g/mol. The van der Waals surface area contributed by atoms with Crippen LogP contribution in [0.1, 0.15) is 22.6 Å². The van der Waals surface area contributed by atoms with Gasteiger partial charge in [0.15, 0.2) is 5.65 Å². The Labute approximate surface area is 149 Å². The summed E-state index contributed by atoms with van der Waals surface area (Å²) < 4.78 is 85.2. The molecule has 0 aliphatic carbocycles. The fourth-order valence-corrected chi connectivity index (χ4v) is 2.34. The van der Waals surface area contributed by atoms with E-state index in [0.29, 0.717) is 0 Å². The first kappa shape index (κ1) is 12.1. The first-order chi connectivity index (χ1) is 14.1. The fourth-order valence-electron chi connectivity index (χ4n) is 2.34. The van der Waals surface area contributed by atoms with Crippen LogP contribution in [0.3, 0.4) is 0 Å². The number of fused-ring (bicyclic) bond motifs is 1. The summed E-state index contributed by atoms with van der Waals surface area (Å²) in [6.45, 7) is 0. The Hall–Kier alpha value is -3.30. The van der Waals surface area contributed by atoms with Gasteiger partial charge >= 0.3 is 6.18 Å². The van der Waals surface area contributed by atoms with Crippen LogP contribution in [-0.4, -0.2) is 29.5 Å². The monoisotopic (exact) mass is 366 g/mol. The molecule has 3 aromatic heterocycles. The molecule has 3 heterocycles. The lowest BCUT2D eigenvalue weighted by atomic mass is 10.1. The van der Waals surface area contributed by atoms with Gasteiger partial charge in [-0.2, -0.15) is 18.3 Å². The Balaban J connectivity index is 1.85. The molecule has 1 aromatic carbocycles. The summed E-state index contributed by atoms with van der Waals surface area (Å²) in [6.07, 6.45) is -0.902. The van der Waals surface area contributed by atoms with Crippen molar-refractivity contribution in [2.45, 2.75) is 12.6 Å². The first-order valence-electron chi connectivity index (χ1n) is 9.15. The second kappa shape index (κ2) is 5.90. The molecule has 0 radical (unpaired) electrons. The number of halogens is 4. The number of nitrogens with zero attached hydrogens (tertiary/aromatic N) is 5. The summed E-state index contributed by atoms with van der Waals surface area (Å²) in [5.74, 6) is -2.81. The molecular weight excluding hydrogens is 352 g/mol. The number of imidazole rings is 1. The minimum Gasteiger partial charge on any atom is -0.303 e. The second-order valence-electron chi connectivity index (χ2n) is 5.21. The quantitative estimate of drug-likeness (QED) is 0.565. The molecule has 0 aliphatic heterocycles. The van der Waals surface area contributed by atoms with Crippen LogP contribution in [0, 0.1) is 5.82 Å². The molecule has 0 fully saturated rings. The minimum atomic E-state index is -4.73. The molecular formula is C16H10F4N6. The van der Waals surface area contributed by atoms with E-state index < -0.39 is 42.0 Å². The highest BCUT2D eigenvalue weighted by Gasteiger charge is 2.35. The highest BCUT2D eigenvalue weighted by atomic mass is 19.4. The molecule has 0 unspecified atom stereocenters. The average Bonchev–Trinajstić information content (AvgIpc) is 3.37. The SMILES string of the molecule is [2H]c1c([2H])c([2H])c(Cc2nc(-c3n[nH]c(C(F)(F)F)n3)cn3ccnc23)c(F)c1[2H]. The van der Waals surface area contributed by atoms with Gasteiger partial charge in [-0.3, -0.25) is 5.10 Å². The third kappa shape index (κ3) is 2.89. The van der Waals surface area contributed by atoms with Crippen LogP contribution in [0.25, 0.3) is 17.2 Å². The Morgan fingerprint density at radius 3 is 2.77 bits per heavy atom. The number of benzene rings is 1. The Kier molecular flexibility index (Phi) is 2.75. The van der Waals surface area contributed by atoms with Crippen molar-refractivity contribution in [3.8, 4) is 11.5 Å². The van der Waals surface area contributed by atoms with Crippen molar-refractivity contribution in [1.82, 2.24) is 29.5 Å². The summed E-state index contributed by atoms with van der Waals surface area (Å²) in [7, 11) is 0. The summed E-state index contributed by atoms with van der Waals surface area (Å²) >= 11 is 0. The van der Waals surface area contributed by atoms with Crippen LogP contribution in [0.2, 0.25) is 0 Å². The number of alkyl halides is 3. The van der Waals surface area contributed by atoms with E-state index in [2.05, 4.69) is 20.1 Å². The molecule has 4 rings (SSSR count). The standard InChI is InChI=1S/C16H10F4N6/c17-10-4-2-1-3-9(10)7-11-14-21-5-6-26(14)8-12(22-11)13-23-15(25-24-13)16(18,19)20/h1-6,8H,7H2,(H,23,24,25)/i1D,2D,3D,4D. The topological polar surface area (TPSA) is 71.8 Å². The first-order valence-corrected chi connectivity index (χ1v) is 7.15. The van der Waals surface area contributed by atoms with Gasteiger partial charge in [0, 0.05) is 25.0 Å². The Bertz CT molecular complexity index is 1250. The highest BCUT2D eigenvalue weighted by Crippen LogP contribution is 2.27. The van der Waals surface area contributed by atoms with Crippen LogP contribution in [-0.2, 0) is 12.6 Å². The number of rotatable bonds is 3. The minimum absolute atomic E-state index is 0.0662. The van der Waals surface area contributed by atoms with Gasteiger partial charge < -0.3 is 4.40 Å². The summed E-state index contributed by atoms with van der Waals surface area (Å²) in [5, 5.41) is 5.30. The van der Waals surface area contributed by atoms with Crippen LogP contribution in [0.5, 0.6) is 0 Å². The number of nitrogens with one attached hydrogen (secondary N) is 1. The van der Waals surface area contributed by atoms with Gasteiger partial charge in [0.2, 0.25) is 11.6 Å². The van der Waals surface area contributed by atoms with E-state index in [-0.39, 0.29) is 34.8 Å². The summed E-state index contributed by atoms with van der Waals surface area (Å²) in [6, 6.07) is -2.74. The van der Waals surface area contributed by atoms with Crippen molar-refractivity contribution in [1.29, 1.82) is 0 Å². The maximum Gasteiger partial charge on any atom is 0.451 e. The van der Waals surface area contributed by atoms with Crippen molar-refractivity contribution >= 4 is 5.65 Å². The van der Waals surface area contributed by atoms with Crippen molar-refractivity contribution in [3.63, 3.8) is 0 Å². The highest BCUT2D eigenvalue weighted by molar-refractivity contribution is 5.55. The van der Waals surface area contributed by atoms with Crippen molar-refractivity contribution in [2.75, 3.05) is 0 Å². The Morgan fingerprint density at radius 1 is 1.19 bits per heavy atom. The van der Waals surface area contributed by atoms with E-state index in [1.807, 2.05) is 0 Å². The molecule has 1 N–H and O–H groups in total. The molecule has 6 nitrogen and oxygen atoms in total. The van der Waals surface area contributed by atoms with Crippen LogP contribution in [0.4, 0.5) is 17.6 Å². The summed E-state index contributed by atoms with van der Waals surface area (Å²) in [4.78, 5) is 11.6. The smallest absolute Gasteiger partial charge is 0.303 e. The zero-order chi connectivity index (χ0) is 21.8. The van der Waals surface area contributed by atoms with Crippen LogP contribution in [0.15, 0.2) is 42.8 Å². The third-order valence-corrected chi connectivity index (χ3v) is 3.48. The lowest BCUT2D eigenvalue weighted by Gasteiger charge is -2.07. The van der Waals surface area contributed by atoms with Gasteiger partial charge in [-0.25, -0.2) is 19.3 Å². The van der Waals surface area contributed by atoms with Gasteiger partial charge in [-0.15, -0.1) is 0 Å². The normalized spacial score (nSPS) is 14.2. The molecule has 132 valence electrons. The van der Waals surface area contributed by atoms with E-state index in [1.165, 1.54) is 23.0 Å². The van der Waals surface area contributed by atoms with E-state index in [0.717, 1.165) is 0 Å². The molecule has 0 saturated carbocycles. The molecule has 26 heavy (non-hydrogen) atoms. The van der Waals surface area contributed by atoms with Crippen molar-refractivity contribution in [3.05, 3.63) is 65.7 Å². The lowest BCUT2D eigenvalue weighted by molar-refractivity contribution is -0.144. The molecule has 0 amide bonds. The van der Waals surface area contributed by atoms with Crippen LogP contribution >= 0.6 is 0 Å². The van der Waals surface area contributed by atoms with Gasteiger partial charge in [-0.1, -0.05) is 18.1 Å². The number of hydrogen-bond donors (Lipinski definition) is 1. The molecule has 0 atom stereocenters. The summed E-state index contributed by atoms with van der Waals surface area (Å²) in [5.41, 5.74) is -0.109. The van der Waals surface area contributed by atoms with Crippen molar-refractivity contribution in [2.24, 2.45) is 0 Å². The molecule has 0 saturated heterocycles. The number of aromatic nitrogens is 6. The molecule has 0 spiro atoms. The largest absolute Gasteiger partial charge is 0.451 e. The van der Waals surface area contributed by atoms with Gasteiger partial charge in [0.25, 0.3) is 0 Å². The second-order valence-corrected chi connectivity index (χ2v) is 5.21. The van der Waals surface area contributed by atoms with Gasteiger partial charge in [0.05, 0.1) is 11.2 Å². The number of hydrogen-bond acceptors (Lipinski definition) is 4.